The smallest absolute Gasteiger partial charge is 0.387 e. The van der Waals surface area contributed by atoms with Crippen LogP contribution in [0.3, 0.4) is 0 Å². The van der Waals surface area contributed by atoms with Gasteiger partial charge in [0.15, 0.2) is 0 Å². The molecule has 39 heavy (non-hydrogen) atoms. The number of ether oxygens (including phenoxy) is 1. The third-order valence-corrected chi connectivity index (χ3v) is 6.35. The van der Waals surface area contributed by atoms with Crippen molar-refractivity contribution in [2.45, 2.75) is 24.7 Å². The molecule has 0 radical (unpaired) electrons. The summed E-state index contributed by atoms with van der Waals surface area (Å²) in [5, 5.41) is 10.7. The summed E-state index contributed by atoms with van der Waals surface area (Å²) in [5.41, 5.74) is -2.22. The van der Waals surface area contributed by atoms with Crippen molar-refractivity contribution in [2.75, 3.05) is 30.9 Å². The number of aromatic nitrogens is 2. The molecule has 4 rings (SSSR count). The molecule has 0 unspecified atom stereocenters. The molecule has 14 heteroatoms. The third kappa shape index (κ3) is 6.37. The lowest BCUT2D eigenvalue weighted by Gasteiger charge is -2.27. The van der Waals surface area contributed by atoms with Gasteiger partial charge in [0.05, 0.1) is 58.3 Å². The molecule has 1 atom stereocenters. The van der Waals surface area contributed by atoms with Crippen LogP contribution in [0.4, 0.5) is 34.6 Å². The van der Waals surface area contributed by atoms with Crippen LogP contribution in [-0.2, 0) is 22.3 Å². The minimum atomic E-state index is -4.78. The number of carbonyl (C=O) groups is 2. The largest absolute Gasteiger partial charge is 0.418 e. The maximum Gasteiger partial charge on any atom is 0.418 e. The zero-order valence-corrected chi connectivity index (χ0v) is 21.2. The molecule has 206 valence electrons. The van der Waals surface area contributed by atoms with Gasteiger partial charge in [-0.25, -0.2) is 4.39 Å². The number of rotatable bonds is 8. The number of amides is 2. The van der Waals surface area contributed by atoms with E-state index in [9.17, 15) is 27.2 Å². The first-order valence-electron chi connectivity index (χ1n) is 11.6. The van der Waals surface area contributed by atoms with Gasteiger partial charge < -0.3 is 26.0 Å². The highest BCUT2D eigenvalue weighted by molar-refractivity contribution is 6.31. The molecule has 1 aromatic carbocycles. The second-order valence-electron chi connectivity index (χ2n) is 8.67. The van der Waals surface area contributed by atoms with Gasteiger partial charge in [0.25, 0.3) is 5.91 Å². The standard InChI is InChI=1S/C25H23ClF4N6O3/c1-31-15-7-14(9-32-10-15)22(37)36-24(5-6-39-13-24)23(38)34-12-20-18(26)8-16(11-33-20)35-21-17(25(28,29)30)3-2-4-19(21)27/h2-4,7-11,31,35H,5-6,12-13H2,1H3,(H,34,38)(H,36,37)/t24-/m0/s1. The van der Waals surface area contributed by atoms with E-state index >= 15 is 0 Å². The van der Waals surface area contributed by atoms with E-state index in [4.69, 9.17) is 16.3 Å². The van der Waals surface area contributed by atoms with Crippen LogP contribution >= 0.6 is 11.6 Å². The first kappa shape index (κ1) is 28.0. The molecular formula is C25H23ClF4N6O3. The van der Waals surface area contributed by atoms with Crippen LogP contribution in [0.2, 0.25) is 5.02 Å². The van der Waals surface area contributed by atoms with Crippen molar-refractivity contribution in [2.24, 2.45) is 0 Å². The second-order valence-corrected chi connectivity index (χ2v) is 9.08. The van der Waals surface area contributed by atoms with Crippen LogP contribution in [-0.4, -0.2) is 47.6 Å². The normalized spacial score (nSPS) is 17.0. The number of nitrogens with zero attached hydrogens (tertiary/aromatic N) is 2. The molecule has 3 heterocycles. The Morgan fingerprint density at radius 1 is 1.15 bits per heavy atom. The van der Waals surface area contributed by atoms with Crippen LogP contribution in [0.1, 0.15) is 28.0 Å². The molecule has 0 bridgehead atoms. The molecule has 1 aliphatic heterocycles. The molecule has 2 amide bonds. The predicted octanol–water partition coefficient (Wildman–Crippen LogP) is 4.28. The quantitative estimate of drug-likeness (QED) is 0.301. The molecular weight excluding hydrogens is 544 g/mol. The number of halogens is 5. The Hall–Kier alpha value is -3.97. The summed E-state index contributed by atoms with van der Waals surface area (Å²) in [4.78, 5) is 34.1. The lowest BCUT2D eigenvalue weighted by atomic mass is 9.96. The molecule has 1 saturated heterocycles. The van der Waals surface area contributed by atoms with Crippen LogP contribution in [0, 0.1) is 5.82 Å². The van der Waals surface area contributed by atoms with Gasteiger partial charge in [-0.2, -0.15) is 13.2 Å². The summed E-state index contributed by atoms with van der Waals surface area (Å²) in [6.45, 7) is 0.0373. The topological polar surface area (TPSA) is 117 Å². The number of hydrogen-bond donors (Lipinski definition) is 4. The summed E-state index contributed by atoms with van der Waals surface area (Å²) >= 11 is 6.26. The predicted molar refractivity (Wildman–Crippen MR) is 135 cm³/mol. The van der Waals surface area contributed by atoms with Gasteiger partial charge in [0, 0.05) is 32.5 Å². The Kier molecular flexibility index (Phi) is 8.21. The Labute approximate surface area is 225 Å². The first-order valence-corrected chi connectivity index (χ1v) is 12.0. The van der Waals surface area contributed by atoms with Gasteiger partial charge in [-0.05, 0) is 24.3 Å². The number of pyridine rings is 2. The zero-order chi connectivity index (χ0) is 28.2. The maximum absolute atomic E-state index is 14.2. The van der Waals surface area contributed by atoms with E-state index < -0.39 is 40.6 Å². The van der Waals surface area contributed by atoms with Crippen molar-refractivity contribution >= 4 is 40.5 Å². The van der Waals surface area contributed by atoms with Crippen molar-refractivity contribution in [1.29, 1.82) is 0 Å². The van der Waals surface area contributed by atoms with E-state index in [0.717, 1.165) is 24.4 Å². The Morgan fingerprint density at radius 2 is 1.95 bits per heavy atom. The number of para-hydroxylation sites is 1. The lowest BCUT2D eigenvalue weighted by Crippen LogP contribution is -2.59. The summed E-state index contributed by atoms with van der Waals surface area (Å²) in [5.74, 6) is -2.15. The third-order valence-electron chi connectivity index (χ3n) is 6.02. The van der Waals surface area contributed by atoms with E-state index in [0.29, 0.717) is 5.69 Å². The van der Waals surface area contributed by atoms with Gasteiger partial charge in [-0.15, -0.1) is 0 Å². The number of benzene rings is 1. The van der Waals surface area contributed by atoms with Crippen molar-refractivity contribution in [3.63, 3.8) is 0 Å². The lowest BCUT2D eigenvalue weighted by molar-refractivity contribution is -0.137. The number of alkyl halides is 3. The molecule has 1 aliphatic rings. The fraction of sp³-hybridized carbons (Fsp3) is 0.280. The van der Waals surface area contributed by atoms with E-state index in [1.54, 1.807) is 19.3 Å². The van der Waals surface area contributed by atoms with Gasteiger partial charge in [-0.1, -0.05) is 17.7 Å². The SMILES string of the molecule is CNc1cncc(C(=O)N[C@@]2(C(=O)NCc3ncc(Nc4c(F)cccc4C(F)(F)F)cc3Cl)CCOC2)c1. The highest BCUT2D eigenvalue weighted by Crippen LogP contribution is 2.37. The molecule has 2 aromatic heterocycles. The molecule has 0 spiro atoms. The van der Waals surface area contributed by atoms with E-state index in [2.05, 4.69) is 31.2 Å². The van der Waals surface area contributed by atoms with Gasteiger partial charge in [0.2, 0.25) is 5.91 Å². The average molecular weight is 567 g/mol. The fourth-order valence-electron chi connectivity index (χ4n) is 3.92. The zero-order valence-electron chi connectivity index (χ0n) is 20.5. The minimum absolute atomic E-state index is 0.0102. The van der Waals surface area contributed by atoms with Gasteiger partial charge in [-0.3, -0.25) is 19.6 Å². The van der Waals surface area contributed by atoms with Crippen molar-refractivity contribution < 1.29 is 31.9 Å². The van der Waals surface area contributed by atoms with Crippen LogP contribution < -0.4 is 21.3 Å². The van der Waals surface area contributed by atoms with E-state index in [1.807, 2.05) is 0 Å². The van der Waals surface area contributed by atoms with E-state index in [1.165, 1.54) is 12.3 Å². The maximum atomic E-state index is 14.2. The average Bonchev–Trinajstić information content (AvgIpc) is 3.38. The second kappa shape index (κ2) is 11.4. The minimum Gasteiger partial charge on any atom is -0.387 e. The first-order chi connectivity index (χ1) is 18.5. The Balaban J connectivity index is 1.45. The summed E-state index contributed by atoms with van der Waals surface area (Å²) < 4.78 is 59.4. The molecule has 0 saturated carbocycles. The summed E-state index contributed by atoms with van der Waals surface area (Å²) in [6.07, 6.45) is -0.486. The Morgan fingerprint density at radius 3 is 2.62 bits per heavy atom. The molecule has 9 nitrogen and oxygen atoms in total. The van der Waals surface area contributed by atoms with Gasteiger partial charge in [0.1, 0.15) is 11.4 Å². The molecule has 3 aromatic rings. The molecule has 1 fully saturated rings. The number of hydrogen-bond acceptors (Lipinski definition) is 7. The highest BCUT2D eigenvalue weighted by Gasteiger charge is 2.44. The molecule has 4 N–H and O–H groups in total. The monoisotopic (exact) mass is 566 g/mol. The fourth-order valence-corrected chi connectivity index (χ4v) is 4.15. The summed E-state index contributed by atoms with van der Waals surface area (Å²) in [7, 11) is 1.68. The van der Waals surface area contributed by atoms with Crippen molar-refractivity contribution in [3.8, 4) is 0 Å². The van der Waals surface area contributed by atoms with Crippen molar-refractivity contribution in [3.05, 3.63) is 76.6 Å². The number of carbonyl (C=O) groups excluding carboxylic acids is 2. The summed E-state index contributed by atoms with van der Waals surface area (Å²) in [6, 6.07) is 5.45. The highest BCUT2D eigenvalue weighted by atomic mass is 35.5. The van der Waals surface area contributed by atoms with Crippen LogP contribution in [0.25, 0.3) is 0 Å². The molecule has 0 aliphatic carbocycles. The van der Waals surface area contributed by atoms with Gasteiger partial charge >= 0.3 is 6.18 Å². The van der Waals surface area contributed by atoms with Crippen LogP contribution in [0.5, 0.6) is 0 Å². The van der Waals surface area contributed by atoms with E-state index in [-0.39, 0.29) is 48.1 Å². The van der Waals surface area contributed by atoms with Crippen molar-refractivity contribution in [1.82, 2.24) is 20.6 Å². The van der Waals surface area contributed by atoms with Crippen LogP contribution in [0.15, 0.2) is 48.9 Å². The number of nitrogens with one attached hydrogen (secondary N) is 4. The Bertz CT molecular complexity index is 1380. The number of anilines is 3.